The smallest absolute Gasteiger partial charge is 0.416 e. The van der Waals surface area contributed by atoms with Crippen LogP contribution in [-0.4, -0.2) is 24.3 Å². The van der Waals surface area contributed by atoms with E-state index in [1.54, 1.807) is 6.07 Å². The number of nitrogens with zero attached hydrogens (tertiary/aromatic N) is 1. The number of halogens is 4. The summed E-state index contributed by atoms with van der Waals surface area (Å²) < 4.78 is 44.1. The van der Waals surface area contributed by atoms with E-state index in [0.717, 1.165) is 17.0 Å². The van der Waals surface area contributed by atoms with Crippen molar-refractivity contribution in [2.75, 3.05) is 22.1 Å². The highest BCUT2D eigenvalue weighted by Gasteiger charge is 2.37. The van der Waals surface area contributed by atoms with Crippen LogP contribution in [0, 0.1) is 5.92 Å². The van der Waals surface area contributed by atoms with Crippen LogP contribution in [0.25, 0.3) is 0 Å². The second-order valence-corrected chi connectivity index (χ2v) is 8.00. The molecule has 34 heavy (non-hydrogen) atoms. The van der Waals surface area contributed by atoms with Crippen molar-refractivity contribution in [1.29, 1.82) is 0 Å². The van der Waals surface area contributed by atoms with Gasteiger partial charge in [-0.1, -0.05) is 17.7 Å². The number of hydrogen-bond acceptors (Lipinski definition) is 4. The van der Waals surface area contributed by atoms with Gasteiger partial charge in [-0.15, -0.1) is 0 Å². The highest BCUT2D eigenvalue weighted by molar-refractivity contribution is 6.31. The van der Waals surface area contributed by atoms with E-state index >= 15 is 0 Å². The molecule has 3 aromatic rings. The van der Waals surface area contributed by atoms with E-state index in [0.29, 0.717) is 5.02 Å². The summed E-state index contributed by atoms with van der Waals surface area (Å²) in [5.41, 5.74) is -0.377. The minimum absolute atomic E-state index is 0.0513. The third-order valence-corrected chi connectivity index (χ3v) is 5.45. The average Bonchev–Trinajstić information content (AvgIpc) is 3.45. The molecule has 2 heterocycles. The number of nitrogens with one attached hydrogen (secondary N) is 2. The van der Waals surface area contributed by atoms with Crippen molar-refractivity contribution in [1.82, 2.24) is 0 Å². The molecule has 1 aliphatic heterocycles. The number of hydrogen-bond donors (Lipinski definition) is 2. The van der Waals surface area contributed by atoms with Crippen molar-refractivity contribution in [2.24, 2.45) is 5.92 Å². The van der Waals surface area contributed by atoms with Gasteiger partial charge in [-0.25, -0.2) is 0 Å². The van der Waals surface area contributed by atoms with Gasteiger partial charge >= 0.3 is 6.18 Å². The van der Waals surface area contributed by atoms with Gasteiger partial charge < -0.3 is 20.0 Å². The van der Waals surface area contributed by atoms with Crippen LogP contribution in [0.2, 0.25) is 5.02 Å². The van der Waals surface area contributed by atoms with Crippen molar-refractivity contribution in [2.45, 2.75) is 12.6 Å². The van der Waals surface area contributed by atoms with E-state index in [9.17, 15) is 27.6 Å². The molecule has 0 spiro atoms. The average molecular weight is 492 g/mol. The standard InChI is InChI=1S/C23H17ClF3N3O4/c24-15-6-7-17(18(11-15)29-22(33)19-5-2-8-34-19)28-21(32)13-9-20(31)30(12-13)16-4-1-3-14(10-16)23(25,26)27/h1-8,10-11,13H,9,12H2,(H,28,32)(H,29,33). The molecule has 3 amide bonds. The molecule has 1 atom stereocenters. The highest BCUT2D eigenvalue weighted by Crippen LogP contribution is 2.34. The van der Waals surface area contributed by atoms with Crippen LogP contribution in [0.15, 0.2) is 65.3 Å². The molecule has 2 aromatic carbocycles. The van der Waals surface area contributed by atoms with Gasteiger partial charge in [0.15, 0.2) is 5.76 Å². The minimum atomic E-state index is -4.55. The van der Waals surface area contributed by atoms with Gasteiger partial charge in [-0.05, 0) is 48.5 Å². The molecule has 0 bridgehead atoms. The van der Waals surface area contributed by atoms with Crippen molar-refractivity contribution < 1.29 is 32.0 Å². The zero-order valence-electron chi connectivity index (χ0n) is 17.4. The Morgan fingerprint density at radius 3 is 2.53 bits per heavy atom. The number of amides is 3. The quantitative estimate of drug-likeness (QED) is 0.513. The number of alkyl halides is 3. The summed E-state index contributed by atoms with van der Waals surface area (Å²) in [5, 5.41) is 5.56. The van der Waals surface area contributed by atoms with Crippen LogP contribution in [0.4, 0.5) is 30.2 Å². The molecule has 1 saturated heterocycles. The predicted octanol–water partition coefficient (Wildman–Crippen LogP) is 5.20. The van der Waals surface area contributed by atoms with E-state index in [1.807, 2.05) is 0 Å². The first-order valence-electron chi connectivity index (χ1n) is 10.0. The first kappa shape index (κ1) is 23.4. The van der Waals surface area contributed by atoms with Gasteiger partial charge in [0.2, 0.25) is 11.8 Å². The van der Waals surface area contributed by atoms with Crippen molar-refractivity contribution >= 4 is 46.4 Å². The number of anilines is 3. The lowest BCUT2D eigenvalue weighted by molar-refractivity contribution is -0.137. The van der Waals surface area contributed by atoms with E-state index in [1.165, 1.54) is 42.7 Å². The summed E-state index contributed by atoms with van der Waals surface area (Å²) in [7, 11) is 0. The van der Waals surface area contributed by atoms with E-state index in [-0.39, 0.29) is 35.8 Å². The summed E-state index contributed by atoms with van der Waals surface area (Å²) in [6.45, 7) is -0.0896. The van der Waals surface area contributed by atoms with Crippen LogP contribution in [0.3, 0.4) is 0 Å². The number of benzene rings is 2. The molecule has 1 aliphatic rings. The van der Waals surface area contributed by atoms with Crippen LogP contribution in [-0.2, 0) is 15.8 Å². The van der Waals surface area contributed by atoms with Gasteiger partial charge in [-0.3, -0.25) is 14.4 Å². The Morgan fingerprint density at radius 1 is 1.03 bits per heavy atom. The van der Waals surface area contributed by atoms with Gasteiger partial charge in [0, 0.05) is 23.7 Å². The lowest BCUT2D eigenvalue weighted by Crippen LogP contribution is -2.28. The van der Waals surface area contributed by atoms with Gasteiger partial charge in [0.05, 0.1) is 29.1 Å². The third kappa shape index (κ3) is 5.07. The maximum absolute atomic E-state index is 13.0. The highest BCUT2D eigenvalue weighted by atomic mass is 35.5. The lowest BCUT2D eigenvalue weighted by Gasteiger charge is -2.19. The van der Waals surface area contributed by atoms with Gasteiger partial charge in [0.1, 0.15) is 0 Å². The first-order valence-corrected chi connectivity index (χ1v) is 10.4. The van der Waals surface area contributed by atoms with E-state index < -0.39 is 35.4 Å². The summed E-state index contributed by atoms with van der Waals surface area (Å²) in [6, 6.07) is 11.8. The molecule has 1 aromatic heterocycles. The van der Waals surface area contributed by atoms with Crippen LogP contribution >= 0.6 is 11.6 Å². The predicted molar refractivity (Wildman–Crippen MR) is 119 cm³/mol. The SMILES string of the molecule is O=C(Nc1cc(Cl)ccc1NC(=O)C1CC(=O)N(c2cccc(C(F)(F)F)c2)C1)c1ccco1. The third-order valence-electron chi connectivity index (χ3n) is 5.21. The largest absolute Gasteiger partial charge is 0.459 e. The maximum atomic E-state index is 13.0. The van der Waals surface area contributed by atoms with Crippen LogP contribution in [0.1, 0.15) is 22.5 Å². The van der Waals surface area contributed by atoms with Crippen molar-refractivity contribution in [3.63, 3.8) is 0 Å². The van der Waals surface area contributed by atoms with E-state index in [2.05, 4.69) is 10.6 Å². The topological polar surface area (TPSA) is 91.7 Å². The van der Waals surface area contributed by atoms with Crippen molar-refractivity contribution in [3.8, 4) is 0 Å². The van der Waals surface area contributed by atoms with Gasteiger partial charge in [0.25, 0.3) is 5.91 Å². The Hall–Kier alpha value is -3.79. The first-order chi connectivity index (χ1) is 16.1. The molecule has 1 unspecified atom stereocenters. The summed E-state index contributed by atoms with van der Waals surface area (Å²) in [4.78, 5) is 38.8. The Kier molecular flexibility index (Phi) is 6.34. The van der Waals surface area contributed by atoms with Crippen LogP contribution < -0.4 is 15.5 Å². The molecule has 0 radical (unpaired) electrons. The second-order valence-electron chi connectivity index (χ2n) is 7.56. The maximum Gasteiger partial charge on any atom is 0.416 e. The number of rotatable bonds is 5. The Bertz CT molecular complexity index is 1240. The zero-order valence-corrected chi connectivity index (χ0v) is 18.1. The zero-order chi connectivity index (χ0) is 24.5. The summed E-state index contributed by atoms with van der Waals surface area (Å²) in [5.74, 6) is -2.32. The fraction of sp³-hybridized carbons (Fsp3) is 0.174. The number of carbonyl (C=O) groups is 3. The molecule has 7 nitrogen and oxygen atoms in total. The summed E-state index contributed by atoms with van der Waals surface area (Å²) in [6.07, 6.45) is -3.40. The number of furan rings is 1. The molecular weight excluding hydrogens is 475 g/mol. The van der Waals surface area contributed by atoms with Crippen LogP contribution in [0.5, 0.6) is 0 Å². The molecule has 4 rings (SSSR count). The molecular formula is C23H17ClF3N3O4. The van der Waals surface area contributed by atoms with Crippen molar-refractivity contribution in [3.05, 3.63) is 77.2 Å². The Labute approximate surface area is 196 Å². The normalized spacial score (nSPS) is 15.9. The monoisotopic (exact) mass is 491 g/mol. The molecule has 1 fully saturated rings. The summed E-state index contributed by atoms with van der Waals surface area (Å²) >= 11 is 6.02. The fourth-order valence-corrected chi connectivity index (χ4v) is 3.71. The fourth-order valence-electron chi connectivity index (χ4n) is 3.54. The number of carbonyl (C=O) groups excluding carboxylic acids is 3. The molecule has 2 N–H and O–H groups in total. The second kappa shape index (κ2) is 9.22. The molecule has 0 saturated carbocycles. The van der Waals surface area contributed by atoms with E-state index in [4.69, 9.17) is 16.0 Å². The van der Waals surface area contributed by atoms with Gasteiger partial charge in [-0.2, -0.15) is 13.2 Å². The molecule has 0 aliphatic carbocycles. The Morgan fingerprint density at radius 2 is 1.82 bits per heavy atom. The minimum Gasteiger partial charge on any atom is -0.459 e. The Balaban J connectivity index is 1.49. The lowest BCUT2D eigenvalue weighted by atomic mass is 10.1. The molecule has 176 valence electrons. The molecule has 11 heteroatoms.